The molecule has 1 fully saturated rings. The number of amides is 1. The fourth-order valence-corrected chi connectivity index (χ4v) is 2.04. The van der Waals surface area contributed by atoms with Gasteiger partial charge in [0.2, 0.25) is 5.91 Å². The largest absolute Gasteiger partial charge is 0.381 e. The van der Waals surface area contributed by atoms with Crippen molar-refractivity contribution in [2.75, 3.05) is 18.5 Å². The highest BCUT2D eigenvalue weighted by Crippen LogP contribution is 2.23. The van der Waals surface area contributed by atoms with E-state index in [-0.39, 0.29) is 18.3 Å². The minimum Gasteiger partial charge on any atom is -0.381 e. The maximum absolute atomic E-state index is 13.3. The normalized spacial score (nSPS) is 17.4. The number of ether oxygens (including phenoxy) is 1. The van der Waals surface area contributed by atoms with Gasteiger partial charge in [0, 0.05) is 18.9 Å². The molecule has 1 aliphatic rings. The Hall–Kier alpha value is -0.690. The number of hydrogen-bond donors (Lipinski definition) is 2. The Labute approximate surface area is 125 Å². The quantitative estimate of drug-likeness (QED) is 0.858. The van der Waals surface area contributed by atoms with Crippen molar-refractivity contribution in [3.63, 3.8) is 0 Å². The molecule has 1 saturated heterocycles. The number of carbonyl (C=O) groups is 1. The van der Waals surface area contributed by atoms with Crippen LogP contribution in [0, 0.1) is 5.82 Å². The van der Waals surface area contributed by atoms with Gasteiger partial charge in [-0.1, -0.05) is 0 Å². The minimum atomic E-state index is -0.929. The van der Waals surface area contributed by atoms with E-state index in [2.05, 4.69) is 21.2 Å². The van der Waals surface area contributed by atoms with Crippen LogP contribution in [0.1, 0.15) is 12.8 Å². The molecule has 1 aromatic carbocycles. The molecule has 1 heterocycles. The van der Waals surface area contributed by atoms with Crippen LogP contribution in [0.2, 0.25) is 0 Å². The number of halogens is 3. The van der Waals surface area contributed by atoms with Gasteiger partial charge >= 0.3 is 0 Å². The number of carbonyl (C=O) groups excluding carboxylic acids is 1. The van der Waals surface area contributed by atoms with E-state index in [9.17, 15) is 9.18 Å². The van der Waals surface area contributed by atoms with Crippen LogP contribution in [0.3, 0.4) is 0 Å². The summed E-state index contributed by atoms with van der Waals surface area (Å²) >= 11 is 3.05. The summed E-state index contributed by atoms with van der Waals surface area (Å²) in [6.45, 7) is 0.942. The van der Waals surface area contributed by atoms with E-state index < -0.39 is 11.4 Å². The predicted molar refractivity (Wildman–Crippen MR) is 76.9 cm³/mol. The second kappa shape index (κ2) is 6.65. The van der Waals surface area contributed by atoms with E-state index in [4.69, 9.17) is 10.5 Å². The second-order valence-electron chi connectivity index (χ2n) is 4.35. The van der Waals surface area contributed by atoms with E-state index >= 15 is 0 Å². The van der Waals surface area contributed by atoms with Gasteiger partial charge in [0.15, 0.2) is 0 Å². The lowest BCUT2D eigenvalue weighted by molar-refractivity contribution is -0.124. The lowest BCUT2D eigenvalue weighted by Gasteiger charge is -2.31. The van der Waals surface area contributed by atoms with Gasteiger partial charge in [-0.05, 0) is 47.0 Å². The van der Waals surface area contributed by atoms with Crippen molar-refractivity contribution in [1.82, 2.24) is 0 Å². The number of anilines is 1. The topological polar surface area (TPSA) is 64.4 Å². The van der Waals surface area contributed by atoms with Crippen LogP contribution in [0.4, 0.5) is 10.1 Å². The molecule has 0 saturated carbocycles. The molecular weight excluding hydrogens is 338 g/mol. The van der Waals surface area contributed by atoms with Crippen molar-refractivity contribution < 1.29 is 13.9 Å². The highest BCUT2D eigenvalue weighted by atomic mass is 79.9. The highest BCUT2D eigenvalue weighted by molar-refractivity contribution is 9.10. The van der Waals surface area contributed by atoms with Gasteiger partial charge in [-0.15, -0.1) is 12.4 Å². The smallest absolute Gasteiger partial charge is 0.244 e. The lowest BCUT2D eigenvalue weighted by atomic mass is 9.90. The molecule has 19 heavy (non-hydrogen) atoms. The van der Waals surface area contributed by atoms with E-state index in [1.165, 1.54) is 12.1 Å². The zero-order valence-electron chi connectivity index (χ0n) is 10.1. The molecule has 1 amide bonds. The first-order valence-electron chi connectivity index (χ1n) is 5.64. The number of nitrogens with two attached hydrogens (primary N) is 1. The molecule has 1 aromatic rings. The van der Waals surface area contributed by atoms with Crippen molar-refractivity contribution in [2.45, 2.75) is 18.4 Å². The Morgan fingerprint density at radius 1 is 1.42 bits per heavy atom. The van der Waals surface area contributed by atoms with Crippen molar-refractivity contribution in [2.24, 2.45) is 5.73 Å². The number of nitrogens with one attached hydrogen (secondary N) is 1. The average Bonchev–Trinajstić information content (AvgIpc) is 2.35. The maximum atomic E-state index is 13.3. The van der Waals surface area contributed by atoms with E-state index in [1.54, 1.807) is 6.07 Å². The first-order valence-corrected chi connectivity index (χ1v) is 6.44. The number of hydrogen-bond acceptors (Lipinski definition) is 3. The first kappa shape index (κ1) is 16.4. The maximum Gasteiger partial charge on any atom is 0.244 e. The SMILES string of the molecule is Cl.NC1(C(=O)Nc2ccc(Br)c(F)c2)CCOCC1. The third-order valence-electron chi connectivity index (χ3n) is 3.01. The summed E-state index contributed by atoms with van der Waals surface area (Å²) in [5.41, 5.74) is 5.49. The molecule has 0 bridgehead atoms. The van der Waals surface area contributed by atoms with Gasteiger partial charge in [-0.25, -0.2) is 4.39 Å². The van der Waals surface area contributed by atoms with Gasteiger partial charge in [0.1, 0.15) is 11.4 Å². The molecule has 7 heteroatoms. The molecule has 1 aliphatic heterocycles. The molecule has 0 aromatic heterocycles. The Morgan fingerprint density at radius 2 is 2.05 bits per heavy atom. The summed E-state index contributed by atoms with van der Waals surface area (Å²) in [4.78, 5) is 12.1. The fraction of sp³-hybridized carbons (Fsp3) is 0.417. The van der Waals surface area contributed by atoms with Crippen LogP contribution < -0.4 is 11.1 Å². The summed E-state index contributed by atoms with van der Waals surface area (Å²) < 4.78 is 18.8. The first-order chi connectivity index (χ1) is 8.51. The van der Waals surface area contributed by atoms with Crippen molar-refractivity contribution in [3.8, 4) is 0 Å². The van der Waals surface area contributed by atoms with Crippen LogP contribution >= 0.6 is 28.3 Å². The summed E-state index contributed by atoms with van der Waals surface area (Å²) in [6.07, 6.45) is 0.940. The molecule has 0 atom stereocenters. The molecular formula is C12H15BrClFN2O2. The lowest BCUT2D eigenvalue weighted by Crippen LogP contribution is -2.54. The Kier molecular flexibility index (Phi) is 5.73. The Balaban J connectivity index is 0.00000180. The molecule has 4 nitrogen and oxygen atoms in total. The van der Waals surface area contributed by atoms with Gasteiger partial charge in [0.25, 0.3) is 0 Å². The van der Waals surface area contributed by atoms with Gasteiger partial charge in [0.05, 0.1) is 4.47 Å². The molecule has 2 rings (SSSR count). The summed E-state index contributed by atoms with van der Waals surface area (Å²) in [5.74, 6) is -0.724. The van der Waals surface area contributed by atoms with Gasteiger partial charge < -0.3 is 15.8 Å². The van der Waals surface area contributed by atoms with Crippen molar-refractivity contribution in [3.05, 3.63) is 28.5 Å². The third kappa shape index (κ3) is 3.89. The average molecular weight is 354 g/mol. The predicted octanol–water partition coefficient (Wildman–Crippen LogP) is 2.46. The van der Waals surface area contributed by atoms with Crippen LogP contribution in [0.25, 0.3) is 0 Å². The monoisotopic (exact) mass is 352 g/mol. The number of rotatable bonds is 2. The van der Waals surface area contributed by atoms with Crippen molar-refractivity contribution in [1.29, 1.82) is 0 Å². The summed E-state index contributed by atoms with van der Waals surface area (Å²) in [7, 11) is 0. The molecule has 0 radical (unpaired) electrons. The van der Waals surface area contributed by atoms with Crippen LogP contribution in [0.15, 0.2) is 22.7 Å². The van der Waals surface area contributed by atoms with Gasteiger partial charge in [-0.2, -0.15) is 0 Å². The van der Waals surface area contributed by atoms with Crippen LogP contribution in [-0.4, -0.2) is 24.7 Å². The van der Waals surface area contributed by atoms with Crippen LogP contribution in [0.5, 0.6) is 0 Å². The fourth-order valence-electron chi connectivity index (χ4n) is 1.79. The zero-order valence-corrected chi connectivity index (χ0v) is 12.5. The summed E-state index contributed by atoms with van der Waals surface area (Å²) in [6, 6.07) is 4.41. The summed E-state index contributed by atoms with van der Waals surface area (Å²) in [5, 5.41) is 2.64. The van der Waals surface area contributed by atoms with Crippen LogP contribution in [-0.2, 0) is 9.53 Å². The number of benzene rings is 1. The molecule has 106 valence electrons. The standard InChI is InChI=1S/C12H14BrFN2O2.ClH/c13-9-2-1-8(7-10(9)14)16-11(17)12(15)3-5-18-6-4-12;/h1-2,7H,3-6,15H2,(H,16,17);1H. The zero-order chi connectivity index (χ0) is 13.2. The highest BCUT2D eigenvalue weighted by Gasteiger charge is 2.35. The van der Waals surface area contributed by atoms with E-state index in [0.717, 1.165) is 0 Å². The van der Waals surface area contributed by atoms with E-state index in [0.29, 0.717) is 36.2 Å². The Bertz CT molecular complexity index is 467. The molecule has 0 spiro atoms. The molecule has 0 aliphatic carbocycles. The minimum absolute atomic E-state index is 0. The molecule has 0 unspecified atom stereocenters. The van der Waals surface area contributed by atoms with Gasteiger partial charge in [-0.3, -0.25) is 4.79 Å². The Morgan fingerprint density at radius 3 is 2.63 bits per heavy atom. The van der Waals surface area contributed by atoms with Crippen molar-refractivity contribution >= 4 is 39.9 Å². The van der Waals surface area contributed by atoms with E-state index in [1.807, 2.05) is 0 Å². The second-order valence-corrected chi connectivity index (χ2v) is 5.21. The third-order valence-corrected chi connectivity index (χ3v) is 3.66. The molecule has 3 N–H and O–H groups in total.